The molecule has 1 N–H and O–H groups in total. The van der Waals surface area contributed by atoms with Crippen LogP contribution in [0.4, 0.5) is 4.39 Å². The third-order valence-electron chi connectivity index (χ3n) is 2.27. The number of amides is 1. The standard InChI is InChI=1S/C12H15ClFNO2/c1-17-10-6-4-5-9(14)11(10)12(16)15-8-3-2-7-13/h4-6H,2-3,7-8H2,1H3,(H,15,16). The minimum atomic E-state index is -0.584. The van der Waals surface area contributed by atoms with Crippen molar-refractivity contribution in [1.82, 2.24) is 5.32 Å². The van der Waals surface area contributed by atoms with Crippen molar-refractivity contribution in [2.45, 2.75) is 12.8 Å². The number of ether oxygens (including phenoxy) is 1. The summed E-state index contributed by atoms with van der Waals surface area (Å²) < 4.78 is 18.5. The zero-order valence-corrected chi connectivity index (χ0v) is 10.4. The molecule has 17 heavy (non-hydrogen) atoms. The second-order valence-corrected chi connectivity index (χ2v) is 3.85. The van der Waals surface area contributed by atoms with Gasteiger partial charge in [0, 0.05) is 12.4 Å². The summed E-state index contributed by atoms with van der Waals surface area (Å²) in [4.78, 5) is 11.7. The zero-order valence-electron chi connectivity index (χ0n) is 9.63. The summed E-state index contributed by atoms with van der Waals surface area (Å²) in [5.41, 5.74) is -0.0547. The van der Waals surface area contributed by atoms with Gasteiger partial charge in [-0.1, -0.05) is 6.07 Å². The third kappa shape index (κ3) is 3.89. The third-order valence-corrected chi connectivity index (χ3v) is 2.54. The second kappa shape index (κ2) is 7.12. The Morgan fingerprint density at radius 3 is 2.88 bits per heavy atom. The molecule has 0 spiro atoms. The number of unbranched alkanes of at least 4 members (excludes halogenated alkanes) is 1. The molecule has 1 amide bonds. The molecule has 0 radical (unpaired) electrons. The molecule has 0 aliphatic carbocycles. The van der Waals surface area contributed by atoms with E-state index in [9.17, 15) is 9.18 Å². The Bertz CT molecular complexity index is 385. The lowest BCUT2D eigenvalue weighted by atomic mass is 10.1. The Labute approximate surface area is 105 Å². The Hall–Kier alpha value is -1.29. The molecule has 0 fully saturated rings. The van der Waals surface area contributed by atoms with Gasteiger partial charge in [-0.05, 0) is 25.0 Å². The normalized spacial score (nSPS) is 10.1. The first-order chi connectivity index (χ1) is 8.20. The molecule has 0 unspecified atom stereocenters. The molecule has 0 saturated carbocycles. The molecule has 0 aliphatic heterocycles. The molecule has 0 aliphatic rings. The van der Waals surface area contributed by atoms with Crippen molar-refractivity contribution in [3.8, 4) is 5.75 Å². The minimum absolute atomic E-state index is 0.0547. The van der Waals surface area contributed by atoms with Gasteiger partial charge in [0.05, 0.1) is 7.11 Å². The van der Waals surface area contributed by atoms with Crippen molar-refractivity contribution in [3.05, 3.63) is 29.6 Å². The maximum atomic E-state index is 13.5. The minimum Gasteiger partial charge on any atom is -0.496 e. The molecule has 3 nitrogen and oxygen atoms in total. The van der Waals surface area contributed by atoms with E-state index in [0.29, 0.717) is 12.4 Å². The van der Waals surface area contributed by atoms with Crippen LogP contribution in [0.2, 0.25) is 0 Å². The zero-order chi connectivity index (χ0) is 12.7. The van der Waals surface area contributed by atoms with Crippen molar-refractivity contribution in [2.75, 3.05) is 19.5 Å². The van der Waals surface area contributed by atoms with Crippen LogP contribution in [0, 0.1) is 5.82 Å². The van der Waals surface area contributed by atoms with Gasteiger partial charge in [-0.3, -0.25) is 4.79 Å². The van der Waals surface area contributed by atoms with Gasteiger partial charge in [0.25, 0.3) is 5.91 Å². The van der Waals surface area contributed by atoms with E-state index in [1.807, 2.05) is 0 Å². The molecule has 1 aromatic rings. The summed E-state index contributed by atoms with van der Waals surface area (Å²) in [6.07, 6.45) is 1.59. The predicted molar refractivity (Wildman–Crippen MR) is 65.2 cm³/mol. The van der Waals surface area contributed by atoms with Crippen LogP contribution in [0.15, 0.2) is 18.2 Å². The summed E-state index contributed by atoms with van der Waals surface area (Å²) in [6, 6.07) is 4.28. The van der Waals surface area contributed by atoms with Crippen LogP contribution in [0.25, 0.3) is 0 Å². The monoisotopic (exact) mass is 259 g/mol. The number of hydrogen-bond donors (Lipinski definition) is 1. The highest BCUT2D eigenvalue weighted by molar-refractivity contribution is 6.17. The summed E-state index contributed by atoms with van der Waals surface area (Å²) in [7, 11) is 1.40. The fourth-order valence-electron chi connectivity index (χ4n) is 1.40. The fourth-order valence-corrected chi connectivity index (χ4v) is 1.59. The van der Waals surface area contributed by atoms with Crippen molar-refractivity contribution in [1.29, 1.82) is 0 Å². The van der Waals surface area contributed by atoms with Gasteiger partial charge < -0.3 is 10.1 Å². The van der Waals surface area contributed by atoms with Crippen LogP contribution in [-0.4, -0.2) is 25.4 Å². The molecule has 1 aromatic carbocycles. The maximum absolute atomic E-state index is 13.5. The number of benzene rings is 1. The van der Waals surface area contributed by atoms with Gasteiger partial charge >= 0.3 is 0 Å². The van der Waals surface area contributed by atoms with Crippen LogP contribution in [0.5, 0.6) is 5.75 Å². The lowest BCUT2D eigenvalue weighted by Gasteiger charge is -2.09. The van der Waals surface area contributed by atoms with Gasteiger partial charge in [0.2, 0.25) is 0 Å². The van der Waals surface area contributed by atoms with E-state index in [2.05, 4.69) is 5.32 Å². The highest BCUT2D eigenvalue weighted by atomic mass is 35.5. The first kappa shape index (κ1) is 13.8. The first-order valence-corrected chi connectivity index (χ1v) is 5.90. The van der Waals surface area contributed by atoms with E-state index in [4.69, 9.17) is 16.3 Å². The summed E-state index contributed by atoms with van der Waals surface area (Å²) in [5, 5.41) is 2.63. The molecule has 1 rings (SSSR count). The van der Waals surface area contributed by atoms with E-state index >= 15 is 0 Å². The number of halogens is 2. The van der Waals surface area contributed by atoms with Gasteiger partial charge in [-0.15, -0.1) is 11.6 Å². The van der Waals surface area contributed by atoms with Crippen LogP contribution in [-0.2, 0) is 0 Å². The number of rotatable bonds is 6. The van der Waals surface area contributed by atoms with E-state index in [1.54, 1.807) is 6.07 Å². The Kier molecular flexibility index (Phi) is 5.77. The molecule has 0 bridgehead atoms. The fraction of sp³-hybridized carbons (Fsp3) is 0.417. The number of methoxy groups -OCH3 is 1. The van der Waals surface area contributed by atoms with Crippen LogP contribution >= 0.6 is 11.6 Å². The largest absolute Gasteiger partial charge is 0.496 e. The number of nitrogens with one attached hydrogen (secondary N) is 1. The highest BCUT2D eigenvalue weighted by Gasteiger charge is 2.16. The van der Waals surface area contributed by atoms with Gasteiger partial charge in [0.1, 0.15) is 17.1 Å². The second-order valence-electron chi connectivity index (χ2n) is 3.47. The molecular weight excluding hydrogens is 245 g/mol. The molecule has 0 atom stereocenters. The topological polar surface area (TPSA) is 38.3 Å². The molecule has 0 saturated heterocycles. The van der Waals surface area contributed by atoms with Crippen molar-refractivity contribution < 1.29 is 13.9 Å². The quantitative estimate of drug-likeness (QED) is 0.630. The molecule has 0 aromatic heterocycles. The van der Waals surface area contributed by atoms with E-state index in [1.165, 1.54) is 19.2 Å². The number of carbonyl (C=O) groups is 1. The SMILES string of the molecule is COc1cccc(F)c1C(=O)NCCCCCl. The molecule has 0 heterocycles. The predicted octanol–water partition coefficient (Wildman–Crippen LogP) is 2.58. The summed E-state index contributed by atoms with van der Waals surface area (Å²) in [5.74, 6) is -0.257. The van der Waals surface area contributed by atoms with Crippen molar-refractivity contribution in [2.24, 2.45) is 0 Å². The smallest absolute Gasteiger partial charge is 0.258 e. The van der Waals surface area contributed by atoms with Crippen LogP contribution < -0.4 is 10.1 Å². The average molecular weight is 260 g/mol. The maximum Gasteiger partial charge on any atom is 0.258 e. The highest BCUT2D eigenvalue weighted by Crippen LogP contribution is 2.20. The van der Waals surface area contributed by atoms with Crippen LogP contribution in [0.1, 0.15) is 23.2 Å². The van der Waals surface area contributed by atoms with Crippen LogP contribution in [0.3, 0.4) is 0 Å². The summed E-state index contributed by atoms with van der Waals surface area (Å²) in [6.45, 7) is 0.475. The number of alkyl halides is 1. The lowest BCUT2D eigenvalue weighted by molar-refractivity contribution is 0.0946. The van der Waals surface area contributed by atoms with Crippen molar-refractivity contribution >= 4 is 17.5 Å². The Balaban J connectivity index is 2.68. The van der Waals surface area contributed by atoms with Gasteiger partial charge in [-0.2, -0.15) is 0 Å². The van der Waals surface area contributed by atoms with Gasteiger partial charge in [-0.25, -0.2) is 4.39 Å². The molecule has 94 valence electrons. The van der Waals surface area contributed by atoms with E-state index < -0.39 is 11.7 Å². The Morgan fingerprint density at radius 1 is 1.47 bits per heavy atom. The van der Waals surface area contributed by atoms with E-state index in [0.717, 1.165) is 12.8 Å². The first-order valence-electron chi connectivity index (χ1n) is 5.37. The average Bonchev–Trinajstić information content (AvgIpc) is 2.34. The number of hydrogen-bond acceptors (Lipinski definition) is 2. The lowest BCUT2D eigenvalue weighted by Crippen LogP contribution is -2.26. The summed E-state index contributed by atoms with van der Waals surface area (Å²) >= 11 is 5.51. The van der Waals surface area contributed by atoms with E-state index in [-0.39, 0.29) is 11.3 Å². The number of carbonyl (C=O) groups excluding carboxylic acids is 1. The van der Waals surface area contributed by atoms with Gasteiger partial charge in [0.15, 0.2) is 0 Å². The van der Waals surface area contributed by atoms with Crippen molar-refractivity contribution in [3.63, 3.8) is 0 Å². The Morgan fingerprint density at radius 2 is 2.24 bits per heavy atom. The molecular formula is C12H15ClFNO2. The molecule has 5 heteroatoms.